The van der Waals surface area contributed by atoms with E-state index in [1.165, 1.54) is 24.3 Å². The van der Waals surface area contributed by atoms with E-state index in [0.717, 1.165) is 17.0 Å². The lowest BCUT2D eigenvalue weighted by Crippen LogP contribution is -2.29. The maximum Gasteiger partial charge on any atom is 0.416 e. The Balaban J connectivity index is 1.57. The molecule has 0 spiro atoms. The first kappa shape index (κ1) is 20.2. The summed E-state index contributed by atoms with van der Waals surface area (Å²) in [5.74, 6) is -0.862. The van der Waals surface area contributed by atoms with Crippen LogP contribution in [0.4, 0.5) is 13.2 Å². The van der Waals surface area contributed by atoms with E-state index in [1.807, 2.05) is 6.07 Å². The lowest BCUT2D eigenvalue weighted by molar-refractivity contribution is -0.137. The second kappa shape index (κ2) is 7.61. The van der Waals surface area contributed by atoms with Crippen LogP contribution in [0.3, 0.4) is 0 Å². The molecule has 0 saturated heterocycles. The summed E-state index contributed by atoms with van der Waals surface area (Å²) < 4.78 is 44.2. The van der Waals surface area contributed by atoms with E-state index in [0.29, 0.717) is 16.7 Å². The topological polar surface area (TPSA) is 70.4 Å². The number of hydrogen-bond donors (Lipinski definition) is 0. The van der Waals surface area contributed by atoms with Gasteiger partial charge in [-0.05, 0) is 48.0 Å². The van der Waals surface area contributed by atoms with E-state index < -0.39 is 23.6 Å². The maximum atomic E-state index is 12.9. The van der Waals surface area contributed by atoms with Crippen molar-refractivity contribution in [2.24, 2.45) is 0 Å². The Morgan fingerprint density at radius 2 is 1.58 bits per heavy atom. The van der Waals surface area contributed by atoms with Gasteiger partial charge in [0, 0.05) is 0 Å². The van der Waals surface area contributed by atoms with Crippen LogP contribution in [-0.2, 0) is 12.7 Å². The molecule has 1 heterocycles. The molecular formula is C23H13F3N2O3. The lowest BCUT2D eigenvalue weighted by atomic mass is 10.1. The Bertz CT molecular complexity index is 1210. The number of nitrogens with zero attached hydrogens (tertiary/aromatic N) is 2. The first-order valence-corrected chi connectivity index (χ1v) is 9.11. The number of halogens is 3. The molecule has 154 valence electrons. The van der Waals surface area contributed by atoms with Crippen molar-refractivity contribution in [1.29, 1.82) is 5.26 Å². The van der Waals surface area contributed by atoms with Gasteiger partial charge in [0.05, 0.1) is 28.8 Å². The van der Waals surface area contributed by atoms with Gasteiger partial charge in [-0.25, -0.2) is 0 Å². The van der Waals surface area contributed by atoms with Gasteiger partial charge in [-0.1, -0.05) is 24.3 Å². The largest absolute Gasteiger partial charge is 0.456 e. The Kier molecular flexibility index (Phi) is 4.95. The fourth-order valence-corrected chi connectivity index (χ4v) is 3.28. The second-order valence-electron chi connectivity index (χ2n) is 6.81. The third-order valence-electron chi connectivity index (χ3n) is 4.77. The fraction of sp³-hybridized carbons (Fsp3) is 0.0870. The molecule has 31 heavy (non-hydrogen) atoms. The summed E-state index contributed by atoms with van der Waals surface area (Å²) in [7, 11) is 0. The van der Waals surface area contributed by atoms with Crippen LogP contribution >= 0.6 is 0 Å². The molecule has 1 aliphatic rings. The Morgan fingerprint density at radius 1 is 0.903 bits per heavy atom. The summed E-state index contributed by atoms with van der Waals surface area (Å²) in [6, 6.07) is 17.1. The zero-order chi connectivity index (χ0) is 22.2. The average molecular weight is 422 g/mol. The number of amides is 2. The summed E-state index contributed by atoms with van der Waals surface area (Å²) >= 11 is 0. The van der Waals surface area contributed by atoms with E-state index in [-0.39, 0.29) is 23.6 Å². The minimum absolute atomic E-state index is 0.0507. The monoisotopic (exact) mass is 422 g/mol. The molecule has 3 aromatic carbocycles. The van der Waals surface area contributed by atoms with Crippen LogP contribution in [0, 0.1) is 11.3 Å². The number of alkyl halides is 3. The predicted octanol–water partition coefficient (Wildman–Crippen LogP) is 5.17. The standard InChI is InChI=1S/C23H13F3N2O3/c24-23(25,26)16-4-3-5-17(11-16)31-20-9-8-14(10-15(20)12-27)13-28-21(29)18-6-1-2-7-19(18)22(28)30/h1-11H,13H2. The molecule has 0 aromatic heterocycles. The fourth-order valence-electron chi connectivity index (χ4n) is 3.28. The molecule has 4 rings (SSSR count). The number of carbonyl (C=O) groups excluding carboxylic acids is 2. The first-order chi connectivity index (χ1) is 14.8. The Morgan fingerprint density at radius 3 is 2.19 bits per heavy atom. The molecule has 0 fully saturated rings. The Labute approximate surface area is 174 Å². The van der Waals surface area contributed by atoms with Gasteiger partial charge in [0.25, 0.3) is 11.8 Å². The number of nitriles is 1. The van der Waals surface area contributed by atoms with E-state index in [9.17, 15) is 28.0 Å². The molecule has 0 unspecified atom stereocenters. The summed E-state index contributed by atoms with van der Waals surface area (Å²) in [5, 5.41) is 9.45. The van der Waals surface area contributed by atoms with Crippen molar-refractivity contribution in [2.75, 3.05) is 0 Å². The average Bonchev–Trinajstić information content (AvgIpc) is 2.99. The predicted molar refractivity (Wildman–Crippen MR) is 103 cm³/mol. The number of ether oxygens (including phenoxy) is 1. The van der Waals surface area contributed by atoms with Crippen molar-refractivity contribution in [3.8, 4) is 17.6 Å². The third-order valence-corrected chi connectivity index (χ3v) is 4.77. The smallest absolute Gasteiger partial charge is 0.416 e. The molecule has 8 heteroatoms. The SMILES string of the molecule is N#Cc1cc(CN2C(=O)c3ccccc3C2=O)ccc1Oc1cccc(C(F)(F)F)c1. The number of hydrogen-bond acceptors (Lipinski definition) is 4. The molecule has 1 aliphatic heterocycles. The van der Waals surface area contributed by atoms with Crippen LogP contribution in [0.25, 0.3) is 0 Å². The summed E-state index contributed by atoms with van der Waals surface area (Å²) in [6.07, 6.45) is -4.52. The lowest BCUT2D eigenvalue weighted by Gasteiger charge is -2.15. The summed E-state index contributed by atoms with van der Waals surface area (Å²) in [5.41, 5.74) is 0.328. The molecule has 3 aromatic rings. The maximum absolute atomic E-state index is 12.9. The summed E-state index contributed by atoms with van der Waals surface area (Å²) in [4.78, 5) is 26.1. The van der Waals surface area contributed by atoms with E-state index in [2.05, 4.69) is 0 Å². The van der Waals surface area contributed by atoms with Gasteiger partial charge in [-0.3, -0.25) is 14.5 Å². The quantitative estimate of drug-likeness (QED) is 0.544. The molecule has 0 N–H and O–H groups in total. The summed E-state index contributed by atoms with van der Waals surface area (Å²) in [6.45, 7) is -0.0507. The van der Waals surface area contributed by atoms with Crippen LogP contribution in [0.5, 0.6) is 11.5 Å². The first-order valence-electron chi connectivity index (χ1n) is 9.11. The number of fused-ring (bicyclic) bond motifs is 1. The van der Waals surface area contributed by atoms with Gasteiger partial charge < -0.3 is 4.74 Å². The van der Waals surface area contributed by atoms with Crippen molar-refractivity contribution in [1.82, 2.24) is 4.90 Å². The molecule has 0 radical (unpaired) electrons. The van der Waals surface area contributed by atoms with Gasteiger partial charge in [0.15, 0.2) is 0 Å². The van der Waals surface area contributed by atoms with Gasteiger partial charge in [-0.2, -0.15) is 18.4 Å². The molecule has 0 bridgehead atoms. The number of benzene rings is 3. The van der Waals surface area contributed by atoms with Gasteiger partial charge in [-0.15, -0.1) is 0 Å². The van der Waals surface area contributed by atoms with Crippen LogP contribution in [0.1, 0.15) is 37.4 Å². The van der Waals surface area contributed by atoms with E-state index in [4.69, 9.17) is 4.74 Å². The number of imide groups is 1. The van der Waals surface area contributed by atoms with Crippen molar-refractivity contribution >= 4 is 11.8 Å². The minimum Gasteiger partial charge on any atom is -0.456 e. The van der Waals surface area contributed by atoms with Gasteiger partial charge in [0.1, 0.15) is 17.6 Å². The van der Waals surface area contributed by atoms with Crippen LogP contribution in [0.2, 0.25) is 0 Å². The van der Waals surface area contributed by atoms with Gasteiger partial charge in [0.2, 0.25) is 0 Å². The van der Waals surface area contributed by atoms with Crippen LogP contribution in [0.15, 0.2) is 66.7 Å². The molecule has 2 amide bonds. The highest BCUT2D eigenvalue weighted by Crippen LogP contribution is 2.34. The Hall–Kier alpha value is -4.12. The molecule has 0 atom stereocenters. The van der Waals surface area contributed by atoms with Crippen LogP contribution in [-0.4, -0.2) is 16.7 Å². The molecule has 0 aliphatic carbocycles. The highest BCUT2D eigenvalue weighted by Gasteiger charge is 2.35. The van der Waals surface area contributed by atoms with Crippen molar-refractivity contribution in [3.63, 3.8) is 0 Å². The highest BCUT2D eigenvalue weighted by molar-refractivity contribution is 6.21. The molecular weight excluding hydrogens is 409 g/mol. The van der Waals surface area contributed by atoms with E-state index >= 15 is 0 Å². The zero-order valence-corrected chi connectivity index (χ0v) is 15.8. The molecule has 5 nitrogen and oxygen atoms in total. The zero-order valence-electron chi connectivity index (χ0n) is 15.8. The number of carbonyl (C=O) groups is 2. The number of rotatable bonds is 4. The second-order valence-corrected chi connectivity index (χ2v) is 6.81. The van der Waals surface area contributed by atoms with Crippen molar-refractivity contribution in [2.45, 2.75) is 12.7 Å². The normalized spacial score (nSPS) is 13.2. The van der Waals surface area contributed by atoms with Crippen molar-refractivity contribution < 1.29 is 27.5 Å². The van der Waals surface area contributed by atoms with Gasteiger partial charge >= 0.3 is 6.18 Å². The van der Waals surface area contributed by atoms with Crippen LogP contribution < -0.4 is 4.74 Å². The third kappa shape index (κ3) is 3.85. The molecule has 0 saturated carbocycles. The van der Waals surface area contributed by atoms with Crippen molar-refractivity contribution in [3.05, 3.63) is 94.5 Å². The minimum atomic E-state index is -4.52. The van der Waals surface area contributed by atoms with E-state index in [1.54, 1.807) is 30.3 Å². The highest BCUT2D eigenvalue weighted by atomic mass is 19.4.